The number of nitrogens with one attached hydrogen (secondary N) is 1. The fourth-order valence-corrected chi connectivity index (χ4v) is 2.44. The van der Waals surface area contributed by atoms with Crippen molar-refractivity contribution in [3.05, 3.63) is 63.4 Å². The summed E-state index contributed by atoms with van der Waals surface area (Å²) in [4.78, 5) is 0. The number of hydrazine groups is 1. The summed E-state index contributed by atoms with van der Waals surface area (Å²) in [6.45, 7) is 0. The predicted octanol–water partition coefficient (Wildman–Crippen LogP) is 3.69. The summed E-state index contributed by atoms with van der Waals surface area (Å²) in [5.41, 5.74) is 3.80. The van der Waals surface area contributed by atoms with Crippen molar-refractivity contribution >= 4 is 23.2 Å². The molecule has 20 heavy (non-hydrogen) atoms. The van der Waals surface area contributed by atoms with Crippen LogP contribution in [0.15, 0.2) is 36.4 Å². The van der Waals surface area contributed by atoms with Crippen molar-refractivity contribution in [3.8, 4) is 5.75 Å². The van der Waals surface area contributed by atoms with Crippen LogP contribution in [0.25, 0.3) is 0 Å². The smallest absolute Gasteiger partial charge is 0.142 e. The molecule has 0 bridgehead atoms. The van der Waals surface area contributed by atoms with Gasteiger partial charge in [-0.2, -0.15) is 0 Å². The molecule has 6 heteroatoms. The van der Waals surface area contributed by atoms with E-state index in [9.17, 15) is 4.39 Å². The molecule has 2 aromatic rings. The van der Waals surface area contributed by atoms with Crippen LogP contribution in [0.2, 0.25) is 10.0 Å². The summed E-state index contributed by atoms with van der Waals surface area (Å²) in [6.07, 6.45) is 0. The zero-order chi connectivity index (χ0) is 14.7. The normalized spacial score (nSPS) is 12.2. The number of nitrogens with two attached hydrogens (primary N) is 1. The maximum absolute atomic E-state index is 13.6. The van der Waals surface area contributed by atoms with Gasteiger partial charge in [-0.1, -0.05) is 35.3 Å². The lowest BCUT2D eigenvalue weighted by atomic mass is 9.98. The number of hydrogen-bond donors (Lipinski definition) is 2. The molecule has 0 saturated carbocycles. The van der Waals surface area contributed by atoms with Gasteiger partial charge in [0.1, 0.15) is 11.6 Å². The molecule has 1 atom stereocenters. The second-order valence-electron chi connectivity index (χ2n) is 4.13. The lowest BCUT2D eigenvalue weighted by Crippen LogP contribution is -2.29. The van der Waals surface area contributed by atoms with Crippen molar-refractivity contribution in [3.63, 3.8) is 0 Å². The molecular weight excluding hydrogens is 302 g/mol. The minimum absolute atomic E-state index is 0.0116. The molecule has 3 nitrogen and oxygen atoms in total. The van der Waals surface area contributed by atoms with E-state index in [4.69, 9.17) is 33.8 Å². The van der Waals surface area contributed by atoms with E-state index in [-0.39, 0.29) is 5.02 Å². The molecule has 2 rings (SSSR count). The fourth-order valence-electron chi connectivity index (χ4n) is 2.02. The third kappa shape index (κ3) is 2.88. The summed E-state index contributed by atoms with van der Waals surface area (Å²) in [5, 5.41) is 0.533. The molecule has 2 aromatic carbocycles. The lowest BCUT2D eigenvalue weighted by Gasteiger charge is -2.21. The van der Waals surface area contributed by atoms with Crippen molar-refractivity contribution in [1.29, 1.82) is 0 Å². The van der Waals surface area contributed by atoms with E-state index in [0.717, 1.165) is 0 Å². The Labute approximate surface area is 126 Å². The highest BCUT2D eigenvalue weighted by Crippen LogP contribution is 2.35. The number of ether oxygens (including phenoxy) is 1. The third-order valence-electron chi connectivity index (χ3n) is 2.96. The van der Waals surface area contributed by atoms with Crippen molar-refractivity contribution in [1.82, 2.24) is 5.43 Å². The van der Waals surface area contributed by atoms with Crippen LogP contribution in [0.1, 0.15) is 17.2 Å². The molecule has 0 aliphatic carbocycles. The number of hydrogen-bond acceptors (Lipinski definition) is 3. The molecule has 0 heterocycles. The molecule has 0 fully saturated rings. The van der Waals surface area contributed by atoms with E-state index in [2.05, 4.69) is 5.43 Å². The Hall–Kier alpha value is -1.33. The highest BCUT2D eigenvalue weighted by atomic mass is 35.5. The first-order chi connectivity index (χ1) is 9.58. The topological polar surface area (TPSA) is 47.3 Å². The summed E-state index contributed by atoms with van der Waals surface area (Å²) < 4.78 is 18.9. The predicted molar refractivity (Wildman–Crippen MR) is 78.6 cm³/mol. The van der Waals surface area contributed by atoms with Gasteiger partial charge in [-0.3, -0.25) is 5.84 Å². The Balaban J connectivity index is 2.58. The first kappa shape index (κ1) is 15.1. The Morgan fingerprint density at radius 2 is 1.95 bits per heavy atom. The molecule has 0 aliphatic heterocycles. The summed E-state index contributed by atoms with van der Waals surface area (Å²) in [7, 11) is 1.54. The van der Waals surface area contributed by atoms with Gasteiger partial charge in [-0.05, 0) is 29.8 Å². The second-order valence-corrected chi connectivity index (χ2v) is 4.94. The standard InChI is InChI=1S/C14H13Cl2FN2O/c1-20-12-6-5-8(15)7-10(12)14(19-18)9-3-2-4-11(17)13(9)16/h2-7,14,19H,18H2,1H3. The Kier molecular flexibility index (Phi) is 4.83. The SMILES string of the molecule is COc1ccc(Cl)cc1C(NN)c1cccc(F)c1Cl. The molecule has 0 spiro atoms. The maximum atomic E-state index is 13.6. The van der Waals surface area contributed by atoms with Gasteiger partial charge in [-0.25, -0.2) is 9.82 Å². The molecule has 3 N–H and O–H groups in total. The molecule has 0 aromatic heterocycles. The number of benzene rings is 2. The maximum Gasteiger partial charge on any atom is 0.142 e. The average Bonchev–Trinajstić information content (AvgIpc) is 2.44. The van der Waals surface area contributed by atoms with E-state index >= 15 is 0 Å². The Morgan fingerprint density at radius 1 is 1.20 bits per heavy atom. The van der Waals surface area contributed by atoms with Crippen LogP contribution >= 0.6 is 23.2 Å². The third-order valence-corrected chi connectivity index (χ3v) is 3.60. The van der Waals surface area contributed by atoms with Crippen LogP contribution < -0.4 is 16.0 Å². The van der Waals surface area contributed by atoms with Crippen LogP contribution in [0.4, 0.5) is 4.39 Å². The van der Waals surface area contributed by atoms with Crippen LogP contribution in [0.3, 0.4) is 0 Å². The van der Waals surface area contributed by atoms with Crippen molar-refractivity contribution in [2.45, 2.75) is 6.04 Å². The van der Waals surface area contributed by atoms with Crippen molar-refractivity contribution in [2.75, 3.05) is 7.11 Å². The van der Waals surface area contributed by atoms with Crippen LogP contribution in [-0.2, 0) is 0 Å². The first-order valence-electron chi connectivity index (χ1n) is 5.82. The molecule has 0 aliphatic rings. The molecule has 0 saturated heterocycles. The average molecular weight is 315 g/mol. The summed E-state index contributed by atoms with van der Waals surface area (Å²) in [5.74, 6) is 5.67. The van der Waals surface area contributed by atoms with Gasteiger partial charge in [0, 0.05) is 10.6 Å². The molecule has 0 amide bonds. The minimum atomic E-state index is -0.535. The monoisotopic (exact) mass is 314 g/mol. The van der Waals surface area contributed by atoms with E-state index in [1.807, 2.05) is 0 Å². The van der Waals surface area contributed by atoms with Gasteiger partial charge in [0.05, 0.1) is 18.2 Å². The number of methoxy groups -OCH3 is 1. The van der Waals surface area contributed by atoms with Crippen molar-refractivity contribution in [2.24, 2.45) is 5.84 Å². The number of rotatable bonds is 4. The van der Waals surface area contributed by atoms with Gasteiger partial charge in [-0.15, -0.1) is 0 Å². The largest absolute Gasteiger partial charge is 0.496 e. The van der Waals surface area contributed by atoms with Gasteiger partial charge in [0.2, 0.25) is 0 Å². The quantitative estimate of drug-likeness (QED) is 0.668. The van der Waals surface area contributed by atoms with Gasteiger partial charge in [0.25, 0.3) is 0 Å². The van der Waals surface area contributed by atoms with Crippen molar-refractivity contribution < 1.29 is 9.13 Å². The van der Waals surface area contributed by atoms with E-state index in [0.29, 0.717) is 21.9 Å². The molecular formula is C14H13Cl2FN2O. The zero-order valence-electron chi connectivity index (χ0n) is 10.7. The lowest BCUT2D eigenvalue weighted by molar-refractivity contribution is 0.404. The van der Waals surface area contributed by atoms with Crippen LogP contribution in [0.5, 0.6) is 5.75 Å². The summed E-state index contributed by atoms with van der Waals surface area (Å²) >= 11 is 12.0. The zero-order valence-corrected chi connectivity index (χ0v) is 12.2. The first-order valence-corrected chi connectivity index (χ1v) is 6.57. The molecule has 1 unspecified atom stereocenters. The van der Waals surface area contributed by atoms with E-state index < -0.39 is 11.9 Å². The summed E-state index contributed by atoms with van der Waals surface area (Å²) in [6, 6.07) is 9.13. The van der Waals surface area contributed by atoms with E-state index in [1.54, 1.807) is 30.3 Å². The van der Waals surface area contributed by atoms with Gasteiger partial charge >= 0.3 is 0 Å². The molecule has 0 radical (unpaired) electrons. The minimum Gasteiger partial charge on any atom is -0.496 e. The van der Waals surface area contributed by atoms with Gasteiger partial charge in [0.15, 0.2) is 0 Å². The molecule has 106 valence electrons. The Bertz CT molecular complexity index is 622. The fraction of sp³-hybridized carbons (Fsp3) is 0.143. The second kappa shape index (κ2) is 6.41. The highest BCUT2D eigenvalue weighted by Gasteiger charge is 2.21. The van der Waals surface area contributed by atoms with E-state index in [1.165, 1.54) is 13.2 Å². The highest BCUT2D eigenvalue weighted by molar-refractivity contribution is 6.31. The number of halogens is 3. The van der Waals surface area contributed by atoms with Crippen LogP contribution in [0, 0.1) is 5.82 Å². The Morgan fingerprint density at radius 3 is 2.60 bits per heavy atom. The van der Waals surface area contributed by atoms with Crippen LogP contribution in [-0.4, -0.2) is 7.11 Å². The van der Waals surface area contributed by atoms with Gasteiger partial charge < -0.3 is 4.74 Å².